The number of hydrogen-bond donors (Lipinski definition) is 0. The van der Waals surface area contributed by atoms with E-state index in [2.05, 4.69) is 126 Å². The maximum absolute atomic E-state index is 6.92. The molecule has 208 valence electrons. The zero-order valence-electron chi connectivity index (χ0n) is 23.9. The van der Waals surface area contributed by atoms with Gasteiger partial charge in [-0.15, -0.1) is 0 Å². The highest BCUT2D eigenvalue weighted by Gasteiger charge is 2.28. The summed E-state index contributed by atoms with van der Waals surface area (Å²) in [5, 5.41) is 4.46. The second-order valence-corrected chi connectivity index (χ2v) is 12.0. The van der Waals surface area contributed by atoms with Crippen LogP contribution in [0.5, 0.6) is 0 Å². The number of allylic oxidation sites excluding steroid dienone is 4. The molecule has 0 N–H and O–H groups in total. The maximum Gasteiger partial charge on any atom is 0.144 e. The molecule has 0 radical (unpaired) electrons. The summed E-state index contributed by atoms with van der Waals surface area (Å²) < 4.78 is 13.4. The molecule has 2 heterocycles. The van der Waals surface area contributed by atoms with Crippen LogP contribution in [-0.2, 0) is 0 Å². The summed E-state index contributed by atoms with van der Waals surface area (Å²) in [6.45, 7) is 0. The highest BCUT2D eigenvalue weighted by atomic mass is 16.3. The fourth-order valence-electron chi connectivity index (χ4n) is 7.43. The number of rotatable bonds is 4. The minimum atomic E-state index is 0.582. The molecule has 7 aromatic rings. The molecule has 2 aliphatic rings. The SMILES string of the molecule is C1=CC2CCCCC2C=C1c1c2oc3cc(N(c4ccccc4)c4ccccc4)ccc3c2cc2oc3ccccc3c12. The average Bonchev–Trinajstić information content (AvgIpc) is 3.62. The number of hydrogen-bond acceptors (Lipinski definition) is 3. The van der Waals surface area contributed by atoms with Gasteiger partial charge in [-0.1, -0.05) is 85.7 Å². The van der Waals surface area contributed by atoms with Gasteiger partial charge >= 0.3 is 0 Å². The molecule has 2 aromatic heterocycles. The van der Waals surface area contributed by atoms with E-state index in [1.165, 1.54) is 31.3 Å². The topological polar surface area (TPSA) is 29.5 Å². The zero-order chi connectivity index (χ0) is 28.3. The first-order valence-electron chi connectivity index (χ1n) is 15.4. The van der Waals surface area contributed by atoms with Gasteiger partial charge in [0.05, 0.1) is 0 Å². The monoisotopic (exact) mass is 557 g/mol. The average molecular weight is 558 g/mol. The Balaban J connectivity index is 1.30. The predicted molar refractivity (Wildman–Crippen MR) is 178 cm³/mol. The third-order valence-corrected chi connectivity index (χ3v) is 9.45. The summed E-state index contributed by atoms with van der Waals surface area (Å²) in [5.74, 6) is 1.23. The highest BCUT2D eigenvalue weighted by Crippen LogP contribution is 2.47. The van der Waals surface area contributed by atoms with Crippen LogP contribution in [0.4, 0.5) is 17.1 Å². The minimum Gasteiger partial charge on any atom is -0.456 e. The van der Waals surface area contributed by atoms with Gasteiger partial charge in [0.25, 0.3) is 0 Å². The van der Waals surface area contributed by atoms with Gasteiger partial charge in [0.2, 0.25) is 0 Å². The lowest BCUT2D eigenvalue weighted by Gasteiger charge is -2.30. The van der Waals surface area contributed by atoms with Crippen molar-refractivity contribution in [2.75, 3.05) is 4.90 Å². The van der Waals surface area contributed by atoms with Crippen molar-refractivity contribution in [2.24, 2.45) is 11.8 Å². The van der Waals surface area contributed by atoms with Crippen molar-refractivity contribution in [3.05, 3.63) is 133 Å². The van der Waals surface area contributed by atoms with Crippen molar-refractivity contribution in [2.45, 2.75) is 25.7 Å². The Kier molecular flexibility index (Phi) is 5.59. The zero-order valence-corrected chi connectivity index (χ0v) is 23.9. The maximum atomic E-state index is 6.92. The number of anilines is 3. The Hall–Kier alpha value is -5.02. The van der Waals surface area contributed by atoms with Crippen molar-refractivity contribution in [1.82, 2.24) is 0 Å². The molecule has 0 bridgehead atoms. The predicted octanol–water partition coefficient (Wildman–Crippen LogP) is 11.7. The van der Waals surface area contributed by atoms with Crippen molar-refractivity contribution in [1.29, 1.82) is 0 Å². The molecule has 1 saturated carbocycles. The second kappa shape index (κ2) is 9.78. The van der Waals surface area contributed by atoms with E-state index in [-0.39, 0.29) is 0 Å². The van der Waals surface area contributed by atoms with Crippen LogP contribution in [0.3, 0.4) is 0 Å². The van der Waals surface area contributed by atoms with Crippen LogP contribution in [0.2, 0.25) is 0 Å². The number of fused-ring (bicyclic) bond motifs is 7. The lowest BCUT2D eigenvalue weighted by molar-refractivity contribution is 0.336. The smallest absolute Gasteiger partial charge is 0.144 e. The van der Waals surface area contributed by atoms with Crippen LogP contribution in [-0.4, -0.2) is 0 Å². The molecule has 5 aromatic carbocycles. The van der Waals surface area contributed by atoms with Gasteiger partial charge in [0, 0.05) is 50.2 Å². The largest absolute Gasteiger partial charge is 0.456 e. The first-order chi connectivity index (χ1) is 21.3. The first kappa shape index (κ1) is 24.6. The first-order valence-corrected chi connectivity index (χ1v) is 15.4. The van der Waals surface area contributed by atoms with Crippen molar-refractivity contribution >= 4 is 66.5 Å². The van der Waals surface area contributed by atoms with Crippen LogP contribution in [0.15, 0.2) is 136 Å². The van der Waals surface area contributed by atoms with E-state index in [1.807, 2.05) is 6.07 Å². The normalized spacial score (nSPS) is 18.4. The third kappa shape index (κ3) is 3.95. The van der Waals surface area contributed by atoms with Crippen LogP contribution in [0, 0.1) is 11.8 Å². The van der Waals surface area contributed by atoms with E-state index >= 15 is 0 Å². The molecule has 0 spiro atoms. The van der Waals surface area contributed by atoms with E-state index < -0.39 is 0 Å². The van der Waals surface area contributed by atoms with E-state index in [4.69, 9.17) is 8.83 Å². The molecule has 2 aliphatic carbocycles. The summed E-state index contributed by atoms with van der Waals surface area (Å²) in [6.07, 6.45) is 12.5. The number of para-hydroxylation sites is 3. The Morgan fingerprint density at radius 3 is 2.07 bits per heavy atom. The van der Waals surface area contributed by atoms with Crippen LogP contribution < -0.4 is 4.90 Å². The van der Waals surface area contributed by atoms with E-state index in [9.17, 15) is 0 Å². The van der Waals surface area contributed by atoms with Crippen molar-refractivity contribution < 1.29 is 8.83 Å². The van der Waals surface area contributed by atoms with Gasteiger partial charge in [-0.2, -0.15) is 0 Å². The van der Waals surface area contributed by atoms with Gasteiger partial charge in [-0.25, -0.2) is 0 Å². The molecule has 0 saturated heterocycles. The van der Waals surface area contributed by atoms with Crippen molar-refractivity contribution in [3.63, 3.8) is 0 Å². The molecule has 0 aliphatic heterocycles. The van der Waals surface area contributed by atoms with Gasteiger partial charge in [-0.3, -0.25) is 0 Å². The van der Waals surface area contributed by atoms with Gasteiger partial charge in [-0.05, 0) is 78.8 Å². The molecular weight excluding hydrogens is 526 g/mol. The van der Waals surface area contributed by atoms with Gasteiger partial charge < -0.3 is 13.7 Å². The Morgan fingerprint density at radius 2 is 1.28 bits per heavy atom. The molecule has 3 heteroatoms. The van der Waals surface area contributed by atoms with Crippen molar-refractivity contribution in [3.8, 4) is 0 Å². The molecule has 3 nitrogen and oxygen atoms in total. The van der Waals surface area contributed by atoms with E-state index in [1.54, 1.807) is 0 Å². The van der Waals surface area contributed by atoms with Crippen LogP contribution in [0.1, 0.15) is 31.2 Å². The van der Waals surface area contributed by atoms with Crippen LogP contribution in [0.25, 0.3) is 49.5 Å². The van der Waals surface area contributed by atoms with Gasteiger partial charge in [0.1, 0.15) is 22.3 Å². The minimum absolute atomic E-state index is 0.582. The summed E-state index contributed by atoms with van der Waals surface area (Å²) in [7, 11) is 0. The molecule has 1 fully saturated rings. The van der Waals surface area contributed by atoms with Gasteiger partial charge in [0.15, 0.2) is 0 Å². The fourth-order valence-corrected chi connectivity index (χ4v) is 7.43. The van der Waals surface area contributed by atoms with E-state index in [0.29, 0.717) is 11.8 Å². The summed E-state index contributed by atoms with van der Waals surface area (Å²) >= 11 is 0. The Labute approximate surface area is 250 Å². The molecule has 43 heavy (non-hydrogen) atoms. The molecule has 2 atom stereocenters. The molecular formula is C40H31NO2. The Bertz CT molecular complexity index is 2160. The lowest BCUT2D eigenvalue weighted by atomic mass is 9.74. The third-order valence-electron chi connectivity index (χ3n) is 9.45. The summed E-state index contributed by atoms with van der Waals surface area (Å²) in [6, 6.07) is 38.2. The fraction of sp³-hybridized carbons (Fsp3) is 0.150. The second-order valence-electron chi connectivity index (χ2n) is 12.0. The lowest BCUT2D eigenvalue weighted by Crippen LogP contribution is -2.18. The Morgan fingerprint density at radius 1 is 0.558 bits per heavy atom. The standard InChI is InChI=1S/C40H31NO2/c1-3-13-29(14-4-1)41(30-15-5-2-6-16-30)31-21-22-32-34-25-37-39(33-17-9-10-18-35(33)42-37)38(40(34)43-36(32)24-31)28-20-19-26-11-7-8-12-27(26)23-28/h1-6,9-10,13-27H,7-8,11-12H2. The number of furan rings is 2. The number of nitrogens with zero attached hydrogens (tertiary/aromatic N) is 1. The number of benzene rings is 5. The summed E-state index contributed by atoms with van der Waals surface area (Å²) in [4.78, 5) is 2.28. The van der Waals surface area contributed by atoms with E-state index in [0.717, 1.165) is 66.5 Å². The highest BCUT2D eigenvalue weighted by molar-refractivity contribution is 6.21. The molecule has 0 amide bonds. The molecule has 9 rings (SSSR count). The molecule has 2 unspecified atom stereocenters. The summed E-state index contributed by atoms with van der Waals surface area (Å²) in [5.41, 5.74) is 9.29. The quantitative estimate of drug-likeness (QED) is 0.216. The van der Waals surface area contributed by atoms with Crippen LogP contribution >= 0.6 is 0 Å².